The molecule has 3 amide bonds. The highest BCUT2D eigenvalue weighted by Crippen LogP contribution is 2.71. The third-order valence-electron chi connectivity index (χ3n) is 11.7. The summed E-state index contributed by atoms with van der Waals surface area (Å²) in [6.45, 7) is 6.08. The molecule has 2 aromatic heterocycles. The molecule has 4 aromatic rings. The summed E-state index contributed by atoms with van der Waals surface area (Å²) in [5, 5.41) is 11.6. The summed E-state index contributed by atoms with van der Waals surface area (Å²) in [5.41, 5.74) is 2.61. The molecule has 59 heavy (non-hydrogen) atoms. The summed E-state index contributed by atoms with van der Waals surface area (Å²) in [6, 6.07) is 15.0. The number of carbonyl (C=O) groups excluding carboxylic acids is 3. The van der Waals surface area contributed by atoms with E-state index >= 15 is 0 Å². The van der Waals surface area contributed by atoms with E-state index in [0.29, 0.717) is 47.7 Å². The molecule has 0 spiro atoms. The summed E-state index contributed by atoms with van der Waals surface area (Å²) in [5.74, 6) is -0.0750. The van der Waals surface area contributed by atoms with Crippen LogP contribution in [-0.4, -0.2) is 80.6 Å². The Labute approximate surface area is 350 Å². The second-order valence-electron chi connectivity index (χ2n) is 16.6. The fraction of sp³-hybridized carbons (Fsp3) is 0.523. The van der Waals surface area contributed by atoms with E-state index in [0.717, 1.165) is 54.6 Å². The lowest BCUT2D eigenvalue weighted by atomic mass is 10.0. The van der Waals surface area contributed by atoms with Gasteiger partial charge < -0.3 is 35.2 Å². The number of nitrogens with one attached hydrogen (secondary N) is 3. The van der Waals surface area contributed by atoms with Crippen molar-refractivity contribution < 1.29 is 33.3 Å². The van der Waals surface area contributed by atoms with Crippen molar-refractivity contribution in [2.45, 2.75) is 127 Å². The van der Waals surface area contributed by atoms with Gasteiger partial charge in [-0.1, -0.05) is 69.4 Å². The zero-order valence-electron chi connectivity index (χ0n) is 34.4. The first-order valence-electron chi connectivity index (χ1n) is 21.0. The van der Waals surface area contributed by atoms with E-state index in [9.17, 15) is 23.8 Å². The SMILES string of the molecule is CCCC(=O)N[C@H]1CCCCCCC[C@@H]2C[C@@]2(P(=O)(O)Cc2ccccc2)NC(=O)[C@@H]2C[C@@H](Oc3cc(-c4csc(NC(C)C)n4)nc4cc(OC)ccc34)CN2C1=O. The van der Waals surface area contributed by atoms with Crippen LogP contribution in [0.3, 0.4) is 0 Å². The molecule has 2 aromatic carbocycles. The van der Waals surface area contributed by atoms with Crippen molar-refractivity contribution in [3.05, 3.63) is 65.5 Å². The maximum Gasteiger partial charge on any atom is 0.245 e. The van der Waals surface area contributed by atoms with Crippen molar-refractivity contribution in [3.8, 4) is 22.9 Å². The molecular weight excluding hydrogens is 788 g/mol. The molecule has 4 N–H and O–H groups in total. The Bertz CT molecular complexity index is 2180. The van der Waals surface area contributed by atoms with E-state index in [-0.39, 0.29) is 49.3 Å². The van der Waals surface area contributed by atoms with Crippen molar-refractivity contribution >= 4 is 52.5 Å². The van der Waals surface area contributed by atoms with Crippen LogP contribution in [0.2, 0.25) is 0 Å². The number of hydrogen-bond donors (Lipinski definition) is 4. The number of thiazole rings is 1. The highest BCUT2D eigenvalue weighted by molar-refractivity contribution is 7.59. The molecule has 0 radical (unpaired) electrons. The zero-order valence-corrected chi connectivity index (χ0v) is 36.2. The summed E-state index contributed by atoms with van der Waals surface area (Å²) in [6.07, 6.45) is 6.32. The van der Waals surface area contributed by atoms with Crippen molar-refractivity contribution in [2.75, 3.05) is 19.0 Å². The molecule has 2 aliphatic heterocycles. The maximum atomic E-state index is 14.7. The van der Waals surface area contributed by atoms with Gasteiger partial charge in [-0.2, -0.15) is 0 Å². The second-order valence-corrected chi connectivity index (χ2v) is 20.0. The molecule has 3 fully saturated rings. The number of rotatable bonds is 12. The Kier molecular flexibility index (Phi) is 13.3. The number of fused-ring (bicyclic) bond motifs is 3. The summed E-state index contributed by atoms with van der Waals surface area (Å²) < 4.78 is 26.8. The largest absolute Gasteiger partial charge is 0.497 e. The molecule has 316 valence electrons. The van der Waals surface area contributed by atoms with Crippen LogP contribution in [0.5, 0.6) is 11.5 Å². The number of benzene rings is 2. The minimum absolute atomic E-state index is 0.0640. The highest BCUT2D eigenvalue weighted by Gasteiger charge is 2.66. The van der Waals surface area contributed by atoms with Gasteiger partial charge in [0.1, 0.15) is 40.7 Å². The predicted molar refractivity (Wildman–Crippen MR) is 231 cm³/mol. The van der Waals surface area contributed by atoms with E-state index in [4.69, 9.17) is 19.4 Å². The minimum Gasteiger partial charge on any atom is -0.497 e. The normalized spacial score (nSPS) is 24.9. The molecule has 13 nitrogen and oxygen atoms in total. The lowest BCUT2D eigenvalue weighted by Crippen LogP contribution is -2.55. The number of aromatic nitrogens is 2. The molecule has 4 heterocycles. The van der Waals surface area contributed by atoms with Crippen molar-refractivity contribution in [1.82, 2.24) is 25.5 Å². The van der Waals surface area contributed by atoms with Gasteiger partial charge in [0.2, 0.25) is 25.1 Å². The molecule has 7 rings (SSSR count). The Morgan fingerprint density at radius 2 is 1.81 bits per heavy atom. The molecule has 15 heteroatoms. The van der Waals surface area contributed by atoms with Gasteiger partial charge in [-0.15, -0.1) is 11.3 Å². The fourth-order valence-electron chi connectivity index (χ4n) is 8.61. The number of hydrogen-bond acceptors (Lipinski definition) is 10. The van der Waals surface area contributed by atoms with E-state index in [2.05, 4.69) is 16.0 Å². The second kappa shape index (κ2) is 18.4. The van der Waals surface area contributed by atoms with E-state index in [1.54, 1.807) is 7.11 Å². The number of pyridine rings is 1. The third kappa shape index (κ3) is 9.76. The lowest BCUT2D eigenvalue weighted by molar-refractivity contribution is -0.141. The molecule has 2 saturated heterocycles. The zero-order chi connectivity index (χ0) is 41.7. The molecule has 0 bridgehead atoms. The number of amides is 3. The Balaban J connectivity index is 1.23. The standard InChI is InChI=1S/C44H57N6O7PS/c1-5-14-40(51)47-34-18-13-8-6-7-12-17-30-24-44(30,58(54,55)26-29-15-10-9-11-16-29)49-41(52)38-22-32(25-50(38)42(34)53)57-39-23-36(37-27-59-43(48-37)45-28(2)3)46-35-21-31(56-4)19-20-33(35)39/h9-11,15-16,19-21,23,27-28,30,32,34,38H,5-8,12-14,17-18,22,24-26H2,1-4H3,(H,45,48)(H,47,51)(H,49,52)(H,54,55)/t30-,32-,34+,38+,44+/m1/s1. The van der Waals surface area contributed by atoms with Crippen LogP contribution >= 0.6 is 18.7 Å². The van der Waals surface area contributed by atoms with Crippen molar-refractivity contribution in [1.29, 1.82) is 0 Å². The average molecular weight is 845 g/mol. The van der Waals surface area contributed by atoms with Crippen LogP contribution in [0.1, 0.15) is 97.0 Å². The Hall–Kier alpha value is -4.52. The number of carbonyl (C=O) groups is 3. The van der Waals surface area contributed by atoms with Gasteiger partial charge in [0.05, 0.1) is 31.0 Å². The minimum atomic E-state index is -3.98. The molecule has 1 saturated carbocycles. The van der Waals surface area contributed by atoms with Gasteiger partial charge in [-0.25, -0.2) is 9.97 Å². The Morgan fingerprint density at radius 3 is 2.56 bits per heavy atom. The van der Waals surface area contributed by atoms with Crippen LogP contribution in [0.15, 0.2) is 60.0 Å². The molecule has 3 aliphatic rings. The van der Waals surface area contributed by atoms with Crippen molar-refractivity contribution in [3.63, 3.8) is 0 Å². The van der Waals surface area contributed by atoms with Gasteiger partial charge in [-0.05, 0) is 63.1 Å². The van der Waals surface area contributed by atoms with Gasteiger partial charge >= 0.3 is 0 Å². The van der Waals surface area contributed by atoms with E-state index in [1.165, 1.54) is 16.2 Å². The van der Waals surface area contributed by atoms with E-state index in [1.807, 2.05) is 80.7 Å². The first-order chi connectivity index (χ1) is 28.4. The van der Waals surface area contributed by atoms with E-state index < -0.39 is 36.7 Å². The molecular formula is C44H57N6O7PS. The first-order valence-corrected chi connectivity index (χ1v) is 23.8. The smallest absolute Gasteiger partial charge is 0.245 e. The number of ether oxygens (including phenoxy) is 2. The van der Waals surface area contributed by atoms with Gasteiger partial charge in [0.15, 0.2) is 5.13 Å². The maximum absolute atomic E-state index is 14.7. The highest BCUT2D eigenvalue weighted by atomic mass is 32.1. The van der Waals surface area contributed by atoms with Gasteiger partial charge in [0.25, 0.3) is 0 Å². The fourth-order valence-corrected chi connectivity index (χ4v) is 11.9. The molecule has 1 aliphatic carbocycles. The molecule has 1 unspecified atom stereocenters. The van der Waals surface area contributed by atoms with Crippen molar-refractivity contribution in [2.24, 2.45) is 5.92 Å². The number of nitrogens with zero attached hydrogens (tertiary/aromatic N) is 3. The van der Waals surface area contributed by atoms with Gasteiger partial charge in [-0.3, -0.25) is 18.9 Å². The summed E-state index contributed by atoms with van der Waals surface area (Å²) >= 11 is 1.48. The van der Waals surface area contributed by atoms with Crippen LogP contribution in [0.25, 0.3) is 22.3 Å². The van der Waals surface area contributed by atoms with Crippen LogP contribution in [0, 0.1) is 5.92 Å². The average Bonchev–Trinajstić information content (AvgIpc) is 3.48. The van der Waals surface area contributed by atoms with Crippen LogP contribution < -0.4 is 25.4 Å². The van der Waals surface area contributed by atoms with Crippen LogP contribution in [0.4, 0.5) is 5.13 Å². The summed E-state index contributed by atoms with van der Waals surface area (Å²) in [7, 11) is -2.39. The van der Waals surface area contributed by atoms with Gasteiger partial charge in [0, 0.05) is 41.8 Å². The molecule has 6 atom stereocenters. The Morgan fingerprint density at radius 1 is 1.05 bits per heavy atom. The lowest BCUT2D eigenvalue weighted by Gasteiger charge is -2.31. The predicted octanol–water partition coefficient (Wildman–Crippen LogP) is 7.87. The van der Waals surface area contributed by atoms with Crippen LogP contribution in [-0.2, 0) is 25.1 Å². The number of methoxy groups -OCH3 is 1. The topological polar surface area (TPSA) is 172 Å². The quantitative estimate of drug-likeness (QED) is 0.103. The summed E-state index contributed by atoms with van der Waals surface area (Å²) in [4.78, 5) is 65.5. The first kappa shape index (κ1) is 42.6. The number of anilines is 1. The monoisotopic (exact) mass is 844 g/mol. The third-order valence-corrected chi connectivity index (χ3v) is 15.2.